The van der Waals surface area contributed by atoms with E-state index in [2.05, 4.69) is 60.8 Å². The summed E-state index contributed by atoms with van der Waals surface area (Å²) >= 11 is 0. The number of rotatable bonds is 7. The lowest BCUT2D eigenvalue weighted by Crippen LogP contribution is -2.21. The van der Waals surface area contributed by atoms with Crippen LogP contribution in [0.1, 0.15) is 62.7 Å². The van der Waals surface area contributed by atoms with E-state index in [0.717, 1.165) is 18.7 Å². The van der Waals surface area contributed by atoms with E-state index in [1.807, 2.05) is 4.68 Å². The van der Waals surface area contributed by atoms with Crippen molar-refractivity contribution in [1.29, 1.82) is 0 Å². The van der Waals surface area contributed by atoms with E-state index in [1.165, 1.54) is 30.5 Å². The van der Waals surface area contributed by atoms with Crippen LogP contribution in [0.3, 0.4) is 0 Å². The molecule has 3 nitrogen and oxygen atoms in total. The van der Waals surface area contributed by atoms with Gasteiger partial charge in [-0.2, -0.15) is 5.10 Å². The third-order valence-corrected chi connectivity index (χ3v) is 4.21. The Labute approximate surface area is 127 Å². The molecular weight excluding hydrogens is 258 g/mol. The lowest BCUT2D eigenvalue weighted by atomic mass is 10.0. The van der Waals surface area contributed by atoms with Crippen molar-refractivity contribution < 1.29 is 0 Å². The van der Waals surface area contributed by atoms with Crippen molar-refractivity contribution in [3.05, 3.63) is 47.8 Å². The van der Waals surface area contributed by atoms with E-state index in [9.17, 15) is 0 Å². The van der Waals surface area contributed by atoms with Gasteiger partial charge in [-0.3, -0.25) is 0 Å². The Bertz CT molecular complexity index is 566. The summed E-state index contributed by atoms with van der Waals surface area (Å²) in [6.45, 7) is 5.51. The van der Waals surface area contributed by atoms with Crippen molar-refractivity contribution in [1.82, 2.24) is 15.1 Å². The predicted octanol–water partition coefficient (Wildman–Crippen LogP) is 4.20. The van der Waals surface area contributed by atoms with Gasteiger partial charge in [0, 0.05) is 18.2 Å². The quantitative estimate of drug-likeness (QED) is 0.825. The first-order chi connectivity index (χ1) is 10.3. The molecule has 0 aliphatic heterocycles. The first-order valence-electron chi connectivity index (χ1n) is 8.21. The van der Waals surface area contributed by atoms with E-state index in [4.69, 9.17) is 0 Å². The molecule has 0 radical (unpaired) electrons. The second-order valence-electron chi connectivity index (χ2n) is 5.97. The summed E-state index contributed by atoms with van der Waals surface area (Å²) in [6.07, 6.45) is 6.97. The summed E-state index contributed by atoms with van der Waals surface area (Å²) in [6, 6.07) is 11.4. The molecule has 1 atom stereocenters. The molecular formula is C18H25N3. The molecule has 1 aliphatic carbocycles. The van der Waals surface area contributed by atoms with Gasteiger partial charge in [0.05, 0.1) is 11.4 Å². The Morgan fingerprint density at radius 2 is 1.95 bits per heavy atom. The molecule has 21 heavy (non-hydrogen) atoms. The van der Waals surface area contributed by atoms with E-state index >= 15 is 0 Å². The SMILES string of the molecule is CCCNC(CC)c1ccc(-n2ccc(C3CC3)n2)cc1. The average molecular weight is 283 g/mol. The van der Waals surface area contributed by atoms with Crippen LogP contribution >= 0.6 is 0 Å². The number of hydrogen-bond acceptors (Lipinski definition) is 2. The van der Waals surface area contributed by atoms with Crippen LogP contribution in [0.25, 0.3) is 5.69 Å². The minimum Gasteiger partial charge on any atom is -0.310 e. The third kappa shape index (κ3) is 3.35. The number of hydrogen-bond donors (Lipinski definition) is 1. The summed E-state index contributed by atoms with van der Waals surface area (Å²) in [4.78, 5) is 0. The van der Waals surface area contributed by atoms with Gasteiger partial charge in [-0.1, -0.05) is 26.0 Å². The van der Waals surface area contributed by atoms with Crippen LogP contribution in [0.15, 0.2) is 36.5 Å². The Kier molecular flexibility index (Phi) is 4.39. The lowest BCUT2D eigenvalue weighted by molar-refractivity contribution is 0.518. The largest absolute Gasteiger partial charge is 0.310 e. The molecule has 1 saturated carbocycles. The van der Waals surface area contributed by atoms with E-state index in [0.29, 0.717) is 12.0 Å². The van der Waals surface area contributed by atoms with Crippen molar-refractivity contribution in [2.75, 3.05) is 6.54 Å². The number of nitrogens with one attached hydrogen (secondary N) is 1. The molecule has 112 valence electrons. The molecule has 0 amide bonds. The smallest absolute Gasteiger partial charge is 0.0659 e. The van der Waals surface area contributed by atoms with Crippen LogP contribution in [0.5, 0.6) is 0 Å². The molecule has 1 heterocycles. The lowest BCUT2D eigenvalue weighted by Gasteiger charge is -2.17. The third-order valence-electron chi connectivity index (χ3n) is 4.21. The van der Waals surface area contributed by atoms with Gasteiger partial charge in [0.2, 0.25) is 0 Å². The maximum Gasteiger partial charge on any atom is 0.0659 e. The predicted molar refractivity (Wildman–Crippen MR) is 86.9 cm³/mol. The summed E-state index contributed by atoms with van der Waals surface area (Å²) in [5, 5.41) is 8.29. The fraction of sp³-hybridized carbons (Fsp3) is 0.500. The van der Waals surface area contributed by atoms with Gasteiger partial charge in [-0.05, 0) is 56.0 Å². The fourth-order valence-electron chi connectivity index (χ4n) is 2.75. The topological polar surface area (TPSA) is 29.9 Å². The molecule has 1 unspecified atom stereocenters. The van der Waals surface area contributed by atoms with Crippen molar-refractivity contribution in [2.24, 2.45) is 0 Å². The van der Waals surface area contributed by atoms with Gasteiger partial charge in [0.25, 0.3) is 0 Å². The van der Waals surface area contributed by atoms with E-state index in [-0.39, 0.29) is 0 Å². The summed E-state index contributed by atoms with van der Waals surface area (Å²) in [5.41, 5.74) is 3.76. The van der Waals surface area contributed by atoms with Crippen LogP contribution in [0.4, 0.5) is 0 Å². The molecule has 0 spiro atoms. The van der Waals surface area contributed by atoms with Crippen LogP contribution in [-0.2, 0) is 0 Å². The molecule has 3 heteroatoms. The van der Waals surface area contributed by atoms with Crippen LogP contribution in [0, 0.1) is 0 Å². The van der Waals surface area contributed by atoms with Gasteiger partial charge in [0.15, 0.2) is 0 Å². The van der Waals surface area contributed by atoms with Gasteiger partial charge < -0.3 is 5.32 Å². The normalized spacial score (nSPS) is 16.1. The van der Waals surface area contributed by atoms with Crippen molar-refractivity contribution in [3.63, 3.8) is 0 Å². The standard InChI is InChI=1S/C18H25N3/c1-3-12-19-17(4-2)14-7-9-16(10-8-14)21-13-11-18(20-21)15-5-6-15/h7-11,13,15,17,19H,3-6,12H2,1-2H3. The van der Waals surface area contributed by atoms with Gasteiger partial charge in [-0.15, -0.1) is 0 Å². The van der Waals surface area contributed by atoms with Gasteiger partial charge in [0.1, 0.15) is 0 Å². The summed E-state index contributed by atoms with van der Waals surface area (Å²) < 4.78 is 2.00. The number of benzene rings is 1. The molecule has 1 aromatic heterocycles. The van der Waals surface area contributed by atoms with Crippen LogP contribution < -0.4 is 5.32 Å². The molecule has 1 fully saturated rings. The Hall–Kier alpha value is -1.61. The minimum atomic E-state index is 0.457. The monoisotopic (exact) mass is 283 g/mol. The maximum absolute atomic E-state index is 4.69. The molecule has 1 aromatic carbocycles. The molecule has 2 aromatic rings. The van der Waals surface area contributed by atoms with Crippen LogP contribution in [0.2, 0.25) is 0 Å². The molecule has 0 bridgehead atoms. The molecule has 0 saturated heterocycles. The fourth-order valence-corrected chi connectivity index (χ4v) is 2.75. The average Bonchev–Trinajstić information content (AvgIpc) is 3.26. The first kappa shape index (κ1) is 14.3. The summed E-state index contributed by atoms with van der Waals surface area (Å²) in [5.74, 6) is 0.716. The van der Waals surface area contributed by atoms with Crippen LogP contribution in [-0.4, -0.2) is 16.3 Å². The highest BCUT2D eigenvalue weighted by molar-refractivity contribution is 5.35. The first-order valence-corrected chi connectivity index (χ1v) is 8.21. The maximum atomic E-state index is 4.69. The Morgan fingerprint density at radius 1 is 1.19 bits per heavy atom. The zero-order valence-electron chi connectivity index (χ0n) is 13.0. The highest BCUT2D eigenvalue weighted by Gasteiger charge is 2.25. The second kappa shape index (κ2) is 6.44. The number of aromatic nitrogens is 2. The zero-order chi connectivity index (χ0) is 14.7. The summed E-state index contributed by atoms with van der Waals surface area (Å²) in [7, 11) is 0. The minimum absolute atomic E-state index is 0.457. The Balaban J connectivity index is 1.72. The highest BCUT2D eigenvalue weighted by Crippen LogP contribution is 2.39. The zero-order valence-corrected chi connectivity index (χ0v) is 13.0. The van der Waals surface area contributed by atoms with E-state index in [1.54, 1.807) is 0 Å². The molecule has 1 N–H and O–H groups in total. The molecule has 3 rings (SSSR count). The van der Waals surface area contributed by atoms with Gasteiger partial charge in [-0.25, -0.2) is 4.68 Å². The molecule has 1 aliphatic rings. The van der Waals surface area contributed by atoms with Gasteiger partial charge >= 0.3 is 0 Å². The highest BCUT2D eigenvalue weighted by atomic mass is 15.3. The second-order valence-corrected chi connectivity index (χ2v) is 5.97. The van der Waals surface area contributed by atoms with Crippen molar-refractivity contribution in [3.8, 4) is 5.69 Å². The number of nitrogens with zero attached hydrogens (tertiary/aromatic N) is 2. The van der Waals surface area contributed by atoms with Crippen molar-refractivity contribution in [2.45, 2.75) is 51.5 Å². The van der Waals surface area contributed by atoms with E-state index < -0.39 is 0 Å². The van der Waals surface area contributed by atoms with Crippen molar-refractivity contribution >= 4 is 0 Å². The Morgan fingerprint density at radius 3 is 2.57 bits per heavy atom.